The zero-order valence-corrected chi connectivity index (χ0v) is 19.9. The fourth-order valence-corrected chi connectivity index (χ4v) is 5.07. The average Bonchev–Trinajstić information content (AvgIpc) is 2.82. The van der Waals surface area contributed by atoms with Crippen LogP contribution < -0.4 is 15.0 Å². The molecule has 0 saturated carbocycles. The van der Waals surface area contributed by atoms with Gasteiger partial charge in [0, 0.05) is 31.2 Å². The Morgan fingerprint density at radius 3 is 2.44 bits per heavy atom. The van der Waals surface area contributed by atoms with Gasteiger partial charge in [-0.05, 0) is 30.3 Å². The highest BCUT2D eigenvalue weighted by molar-refractivity contribution is 7.90. The summed E-state index contributed by atoms with van der Waals surface area (Å²) in [6.07, 6.45) is 2.81. The summed E-state index contributed by atoms with van der Waals surface area (Å²) in [5.74, 6) is -2.45. The van der Waals surface area contributed by atoms with E-state index in [1.807, 2.05) is 4.90 Å². The second kappa shape index (κ2) is 9.54. The van der Waals surface area contributed by atoms with Crippen LogP contribution in [0.2, 0.25) is 0 Å². The van der Waals surface area contributed by atoms with Gasteiger partial charge in [0.25, 0.3) is 5.88 Å². The van der Waals surface area contributed by atoms with Crippen molar-refractivity contribution in [2.45, 2.75) is 11.0 Å². The maximum Gasteiger partial charge on any atom is 0.256 e. The molecule has 0 aliphatic carbocycles. The largest absolute Gasteiger partial charge is 0.471 e. The second-order valence-electron chi connectivity index (χ2n) is 8.76. The molecule has 190 valence electrons. The van der Waals surface area contributed by atoms with Gasteiger partial charge in [0.1, 0.15) is 29.9 Å². The van der Waals surface area contributed by atoms with Crippen molar-refractivity contribution in [3.05, 3.63) is 60.3 Å². The number of aromatic nitrogens is 3. The monoisotopic (exact) mass is 521 g/mol. The first kappa shape index (κ1) is 24.3. The molecule has 1 N–H and O–H groups in total. The maximum absolute atomic E-state index is 15.3. The molecule has 2 saturated heterocycles. The lowest BCUT2D eigenvalue weighted by molar-refractivity contribution is -0.0779. The maximum atomic E-state index is 15.3. The van der Waals surface area contributed by atoms with Gasteiger partial charge in [-0.2, -0.15) is 9.37 Å². The quantitative estimate of drug-likeness (QED) is 0.524. The topological polar surface area (TPSA) is 107 Å². The van der Waals surface area contributed by atoms with Crippen molar-refractivity contribution in [1.29, 1.82) is 0 Å². The van der Waals surface area contributed by atoms with Crippen LogP contribution in [0.25, 0.3) is 0 Å². The van der Waals surface area contributed by atoms with Crippen LogP contribution in [0.3, 0.4) is 0 Å². The minimum Gasteiger partial charge on any atom is -0.471 e. The normalized spacial score (nSPS) is 21.8. The van der Waals surface area contributed by atoms with Crippen LogP contribution in [0.4, 0.5) is 30.5 Å². The van der Waals surface area contributed by atoms with Gasteiger partial charge in [0.15, 0.2) is 15.7 Å². The molecule has 2 atom stereocenters. The summed E-state index contributed by atoms with van der Waals surface area (Å²) in [4.78, 5) is 13.7. The Morgan fingerprint density at radius 2 is 1.81 bits per heavy atom. The number of hydrogen-bond donors (Lipinski definition) is 1. The molecule has 0 spiro atoms. The summed E-state index contributed by atoms with van der Waals surface area (Å²) in [6.45, 7) is 1.79. The summed E-state index contributed by atoms with van der Waals surface area (Å²) < 4.78 is 77.9. The van der Waals surface area contributed by atoms with Gasteiger partial charge in [-0.25, -0.2) is 27.2 Å². The molecular weight excluding hydrogens is 499 g/mol. The van der Waals surface area contributed by atoms with E-state index in [2.05, 4.69) is 20.3 Å². The van der Waals surface area contributed by atoms with Crippen molar-refractivity contribution in [3.63, 3.8) is 0 Å². The molecule has 13 heteroatoms. The molecule has 2 aliphatic heterocycles. The second-order valence-corrected chi connectivity index (χ2v) is 10.8. The van der Waals surface area contributed by atoms with E-state index in [0.29, 0.717) is 32.1 Å². The molecule has 2 bridgehead atoms. The molecule has 3 aromatic rings. The Morgan fingerprint density at radius 1 is 1.06 bits per heavy atom. The van der Waals surface area contributed by atoms with Crippen LogP contribution in [-0.2, 0) is 14.6 Å². The Hall–Kier alpha value is -3.45. The molecule has 9 nitrogen and oxygen atoms in total. The van der Waals surface area contributed by atoms with E-state index in [-0.39, 0.29) is 34.1 Å². The summed E-state index contributed by atoms with van der Waals surface area (Å²) in [6, 6.07) is 6.20. The first-order chi connectivity index (χ1) is 17.2. The number of halogens is 3. The molecular formula is C23H22F3N5O4S. The van der Waals surface area contributed by atoms with E-state index in [0.717, 1.165) is 24.8 Å². The lowest BCUT2D eigenvalue weighted by Gasteiger charge is -2.46. The number of ether oxygens (including phenoxy) is 2. The molecule has 1 aromatic carbocycles. The standard InChI is InChI=1S/C23H22F3N5O4S/c1-36(32,33)16-3-4-18(17(25)6-16)30-22-20(26)23(29-12-28-22)35-21-13-8-31(9-14(21)11-34-10-13)19-5-2-15(24)7-27-19/h2-7,12-14,21H,8-11H2,1H3,(H,28,29,30). The minimum atomic E-state index is -3.60. The Balaban J connectivity index is 1.33. The van der Waals surface area contributed by atoms with E-state index in [1.54, 1.807) is 6.07 Å². The van der Waals surface area contributed by atoms with Crippen LogP contribution in [0, 0.1) is 29.3 Å². The van der Waals surface area contributed by atoms with E-state index >= 15 is 4.39 Å². The highest BCUT2D eigenvalue weighted by Gasteiger charge is 2.43. The summed E-state index contributed by atoms with van der Waals surface area (Å²) in [7, 11) is -3.60. The molecule has 5 rings (SSSR count). The van der Waals surface area contributed by atoms with Crippen molar-refractivity contribution in [1.82, 2.24) is 15.0 Å². The van der Waals surface area contributed by atoms with Gasteiger partial charge >= 0.3 is 0 Å². The smallest absolute Gasteiger partial charge is 0.256 e. The minimum absolute atomic E-state index is 0.129. The lowest BCUT2D eigenvalue weighted by atomic mass is 9.84. The van der Waals surface area contributed by atoms with Crippen molar-refractivity contribution < 1.29 is 31.1 Å². The SMILES string of the molecule is CS(=O)(=O)c1ccc(Nc2ncnc(OC3C4COCC3CN(c3ccc(F)cn3)C4)c2F)c(F)c1. The highest BCUT2D eigenvalue weighted by atomic mass is 32.2. The molecule has 4 heterocycles. The van der Waals surface area contributed by atoms with Crippen molar-refractivity contribution >= 4 is 27.2 Å². The lowest BCUT2D eigenvalue weighted by Crippen LogP contribution is -2.57. The van der Waals surface area contributed by atoms with Crippen molar-refractivity contribution in [3.8, 4) is 5.88 Å². The summed E-state index contributed by atoms with van der Waals surface area (Å²) in [5.41, 5.74) is -0.156. The first-order valence-electron chi connectivity index (χ1n) is 11.1. The third-order valence-corrected chi connectivity index (χ3v) is 7.28. The summed E-state index contributed by atoms with van der Waals surface area (Å²) in [5, 5.41) is 2.53. The number of fused-ring (bicyclic) bond motifs is 2. The zero-order chi connectivity index (χ0) is 25.4. The van der Waals surface area contributed by atoms with Crippen LogP contribution in [0.15, 0.2) is 47.8 Å². The van der Waals surface area contributed by atoms with Crippen LogP contribution in [-0.4, -0.2) is 62.0 Å². The molecule has 0 radical (unpaired) electrons. The Kier molecular flexibility index (Phi) is 6.43. The molecule has 0 amide bonds. The van der Waals surface area contributed by atoms with E-state index in [4.69, 9.17) is 9.47 Å². The average molecular weight is 522 g/mol. The highest BCUT2D eigenvalue weighted by Crippen LogP contribution is 2.34. The number of sulfone groups is 1. The fourth-order valence-electron chi connectivity index (χ4n) is 4.44. The fraction of sp³-hybridized carbons (Fsp3) is 0.348. The number of nitrogens with one attached hydrogen (secondary N) is 1. The number of nitrogens with zero attached hydrogens (tertiary/aromatic N) is 4. The number of benzene rings is 1. The van der Waals surface area contributed by atoms with Gasteiger partial charge in [0.05, 0.1) is 30.0 Å². The zero-order valence-electron chi connectivity index (χ0n) is 19.1. The van der Waals surface area contributed by atoms with Crippen LogP contribution >= 0.6 is 0 Å². The molecule has 2 aliphatic rings. The number of rotatable bonds is 6. The number of piperidine rings is 1. The Bertz CT molecular complexity index is 1360. The van der Waals surface area contributed by atoms with Gasteiger partial charge in [-0.1, -0.05) is 0 Å². The van der Waals surface area contributed by atoms with Gasteiger partial charge < -0.3 is 19.7 Å². The van der Waals surface area contributed by atoms with Gasteiger partial charge in [0.2, 0.25) is 5.82 Å². The number of anilines is 3. The molecule has 2 fully saturated rings. The van der Waals surface area contributed by atoms with Crippen molar-refractivity contribution in [2.24, 2.45) is 11.8 Å². The van der Waals surface area contributed by atoms with Crippen LogP contribution in [0.1, 0.15) is 0 Å². The third-order valence-electron chi connectivity index (χ3n) is 6.17. The first-order valence-corrected chi connectivity index (χ1v) is 13.0. The van der Waals surface area contributed by atoms with Crippen molar-refractivity contribution in [2.75, 3.05) is 42.8 Å². The van der Waals surface area contributed by atoms with E-state index < -0.39 is 33.4 Å². The Labute approximate surface area is 205 Å². The number of pyridine rings is 1. The van der Waals surface area contributed by atoms with Gasteiger partial charge in [-0.15, -0.1) is 0 Å². The predicted molar refractivity (Wildman–Crippen MR) is 123 cm³/mol. The van der Waals surface area contributed by atoms with Gasteiger partial charge in [-0.3, -0.25) is 0 Å². The van der Waals surface area contributed by atoms with E-state index in [1.165, 1.54) is 18.2 Å². The molecule has 2 unspecified atom stereocenters. The van der Waals surface area contributed by atoms with E-state index in [9.17, 15) is 17.2 Å². The third kappa shape index (κ3) is 4.93. The predicted octanol–water partition coefficient (Wildman–Crippen LogP) is 2.97. The van der Waals surface area contributed by atoms with Crippen LogP contribution in [0.5, 0.6) is 5.88 Å². The molecule has 36 heavy (non-hydrogen) atoms. The molecule has 2 aromatic heterocycles. The number of hydrogen-bond acceptors (Lipinski definition) is 9. The summed E-state index contributed by atoms with van der Waals surface area (Å²) >= 11 is 0.